The molecular formula is C12H21N3O2S. The fourth-order valence-corrected chi connectivity index (χ4v) is 2.56. The van der Waals surface area contributed by atoms with E-state index in [1.807, 2.05) is 13.8 Å². The molecule has 1 saturated heterocycles. The third kappa shape index (κ3) is 2.63. The SMILES string of the molecule is CC(C)C(C(=O)N1CCNC(=O)C1(C)C)C(N)=S. The summed E-state index contributed by atoms with van der Waals surface area (Å²) in [5.74, 6) is -0.786. The minimum Gasteiger partial charge on any atom is -0.393 e. The first-order valence-electron chi connectivity index (χ1n) is 6.08. The van der Waals surface area contributed by atoms with Crippen molar-refractivity contribution in [2.24, 2.45) is 17.6 Å². The van der Waals surface area contributed by atoms with Gasteiger partial charge in [-0.15, -0.1) is 0 Å². The number of carbonyl (C=O) groups is 2. The average molecular weight is 271 g/mol. The summed E-state index contributed by atoms with van der Waals surface area (Å²) in [6, 6.07) is 0. The minimum absolute atomic E-state index is 0.0239. The van der Waals surface area contributed by atoms with Gasteiger partial charge in [-0.1, -0.05) is 26.1 Å². The summed E-state index contributed by atoms with van der Waals surface area (Å²) in [5.41, 5.74) is 4.80. The molecular weight excluding hydrogens is 250 g/mol. The average Bonchev–Trinajstić information content (AvgIpc) is 2.20. The lowest BCUT2D eigenvalue weighted by molar-refractivity contribution is -0.151. The van der Waals surface area contributed by atoms with Crippen LogP contribution in [0.1, 0.15) is 27.7 Å². The van der Waals surface area contributed by atoms with Crippen LogP contribution in [-0.2, 0) is 9.59 Å². The summed E-state index contributed by atoms with van der Waals surface area (Å²) < 4.78 is 0. The highest BCUT2D eigenvalue weighted by Crippen LogP contribution is 2.23. The summed E-state index contributed by atoms with van der Waals surface area (Å²) in [6.07, 6.45) is 0. The van der Waals surface area contributed by atoms with Crippen LogP contribution in [-0.4, -0.2) is 40.3 Å². The highest BCUT2D eigenvalue weighted by atomic mass is 32.1. The molecule has 1 aliphatic heterocycles. The van der Waals surface area contributed by atoms with Crippen LogP contribution >= 0.6 is 12.2 Å². The fraction of sp³-hybridized carbons (Fsp3) is 0.750. The van der Waals surface area contributed by atoms with Crippen LogP contribution in [0.2, 0.25) is 0 Å². The number of nitrogens with one attached hydrogen (secondary N) is 1. The normalized spacial score (nSPS) is 20.5. The van der Waals surface area contributed by atoms with Gasteiger partial charge in [0, 0.05) is 13.1 Å². The number of rotatable bonds is 3. The van der Waals surface area contributed by atoms with Crippen LogP contribution in [0.15, 0.2) is 0 Å². The predicted molar refractivity (Wildman–Crippen MR) is 73.9 cm³/mol. The van der Waals surface area contributed by atoms with Gasteiger partial charge in [0.2, 0.25) is 11.8 Å². The van der Waals surface area contributed by atoms with Crippen LogP contribution in [0.5, 0.6) is 0 Å². The highest BCUT2D eigenvalue weighted by Gasteiger charge is 2.43. The lowest BCUT2D eigenvalue weighted by atomic mass is 9.90. The molecule has 5 nitrogen and oxygen atoms in total. The number of hydrogen-bond donors (Lipinski definition) is 2. The minimum atomic E-state index is -0.854. The van der Waals surface area contributed by atoms with E-state index in [1.54, 1.807) is 18.7 Å². The molecule has 0 spiro atoms. The van der Waals surface area contributed by atoms with Gasteiger partial charge in [-0.25, -0.2) is 0 Å². The van der Waals surface area contributed by atoms with E-state index >= 15 is 0 Å². The van der Waals surface area contributed by atoms with Gasteiger partial charge in [0.1, 0.15) is 5.54 Å². The number of hydrogen-bond acceptors (Lipinski definition) is 3. The van der Waals surface area contributed by atoms with E-state index in [-0.39, 0.29) is 22.7 Å². The first kappa shape index (κ1) is 14.9. The molecule has 2 amide bonds. The van der Waals surface area contributed by atoms with Gasteiger partial charge in [0.05, 0.1) is 10.9 Å². The molecule has 6 heteroatoms. The lowest BCUT2D eigenvalue weighted by Crippen LogP contribution is -2.65. The van der Waals surface area contributed by atoms with Crippen LogP contribution in [0, 0.1) is 11.8 Å². The Morgan fingerprint density at radius 1 is 1.50 bits per heavy atom. The Kier molecular flexibility index (Phi) is 4.32. The van der Waals surface area contributed by atoms with Crippen LogP contribution in [0.3, 0.4) is 0 Å². The molecule has 0 aromatic rings. The van der Waals surface area contributed by atoms with Crippen molar-refractivity contribution in [2.45, 2.75) is 33.2 Å². The van der Waals surface area contributed by atoms with Crippen molar-refractivity contribution in [1.29, 1.82) is 0 Å². The topological polar surface area (TPSA) is 75.4 Å². The van der Waals surface area contributed by atoms with Crippen molar-refractivity contribution < 1.29 is 9.59 Å². The number of piperazine rings is 1. The summed E-state index contributed by atoms with van der Waals surface area (Å²) in [5, 5.41) is 2.76. The molecule has 18 heavy (non-hydrogen) atoms. The number of amides is 2. The Hall–Kier alpha value is -1.17. The van der Waals surface area contributed by atoms with Gasteiger partial charge in [-0.3, -0.25) is 9.59 Å². The number of thiocarbonyl (C=S) groups is 1. The first-order chi connectivity index (χ1) is 8.19. The Balaban J connectivity index is 3.01. The number of carbonyl (C=O) groups excluding carboxylic acids is 2. The molecule has 0 aliphatic carbocycles. The van der Waals surface area contributed by atoms with Gasteiger partial charge < -0.3 is 16.0 Å². The van der Waals surface area contributed by atoms with Crippen molar-refractivity contribution in [3.63, 3.8) is 0 Å². The van der Waals surface area contributed by atoms with Crippen LogP contribution < -0.4 is 11.1 Å². The molecule has 1 unspecified atom stereocenters. The Bertz CT molecular complexity index is 380. The zero-order chi connectivity index (χ0) is 14.1. The fourth-order valence-electron chi connectivity index (χ4n) is 2.19. The molecule has 1 fully saturated rings. The van der Waals surface area contributed by atoms with Gasteiger partial charge in [0.25, 0.3) is 0 Å². The molecule has 1 atom stereocenters. The smallest absolute Gasteiger partial charge is 0.245 e. The van der Waals surface area contributed by atoms with E-state index in [0.29, 0.717) is 13.1 Å². The van der Waals surface area contributed by atoms with Gasteiger partial charge in [0.15, 0.2) is 0 Å². The van der Waals surface area contributed by atoms with Crippen molar-refractivity contribution in [1.82, 2.24) is 10.2 Å². The summed E-state index contributed by atoms with van der Waals surface area (Å²) in [7, 11) is 0. The van der Waals surface area contributed by atoms with E-state index in [9.17, 15) is 9.59 Å². The van der Waals surface area contributed by atoms with Crippen LogP contribution in [0.25, 0.3) is 0 Å². The zero-order valence-corrected chi connectivity index (χ0v) is 12.1. The van der Waals surface area contributed by atoms with Crippen molar-refractivity contribution in [2.75, 3.05) is 13.1 Å². The number of nitrogens with zero attached hydrogens (tertiary/aromatic N) is 1. The molecule has 1 heterocycles. The first-order valence-corrected chi connectivity index (χ1v) is 6.49. The largest absolute Gasteiger partial charge is 0.393 e. The zero-order valence-electron chi connectivity index (χ0n) is 11.3. The van der Waals surface area contributed by atoms with Crippen LogP contribution in [0.4, 0.5) is 0 Å². The molecule has 1 rings (SSSR count). The predicted octanol–water partition coefficient (Wildman–Crippen LogP) is 0.282. The Morgan fingerprint density at radius 2 is 2.06 bits per heavy atom. The maximum atomic E-state index is 12.5. The van der Waals surface area contributed by atoms with E-state index in [4.69, 9.17) is 18.0 Å². The van der Waals surface area contributed by atoms with E-state index in [2.05, 4.69) is 5.32 Å². The number of nitrogens with two attached hydrogens (primary N) is 1. The van der Waals surface area contributed by atoms with E-state index in [1.165, 1.54) is 0 Å². The monoisotopic (exact) mass is 271 g/mol. The van der Waals surface area contributed by atoms with E-state index in [0.717, 1.165) is 0 Å². The van der Waals surface area contributed by atoms with Gasteiger partial charge >= 0.3 is 0 Å². The second-order valence-electron chi connectivity index (χ2n) is 5.43. The molecule has 0 saturated carbocycles. The molecule has 0 radical (unpaired) electrons. The van der Waals surface area contributed by atoms with Gasteiger partial charge in [-0.2, -0.15) is 0 Å². The lowest BCUT2D eigenvalue weighted by Gasteiger charge is -2.43. The summed E-state index contributed by atoms with van der Waals surface area (Å²) in [6.45, 7) is 8.23. The molecule has 102 valence electrons. The third-order valence-electron chi connectivity index (χ3n) is 3.36. The van der Waals surface area contributed by atoms with Crippen molar-refractivity contribution >= 4 is 29.0 Å². The summed E-state index contributed by atoms with van der Waals surface area (Å²) >= 11 is 4.97. The molecule has 1 aliphatic rings. The molecule has 0 aromatic carbocycles. The third-order valence-corrected chi connectivity index (χ3v) is 3.61. The Morgan fingerprint density at radius 3 is 2.50 bits per heavy atom. The maximum absolute atomic E-state index is 12.5. The second kappa shape index (κ2) is 5.22. The quantitative estimate of drug-likeness (QED) is 0.723. The second-order valence-corrected chi connectivity index (χ2v) is 5.90. The standard InChI is InChI=1S/C12H21N3O2S/c1-7(2)8(9(13)18)10(16)15-6-5-14-11(17)12(15,3)4/h7-8H,5-6H2,1-4H3,(H2,13,18)(H,14,17). The Labute approximate surface area is 113 Å². The highest BCUT2D eigenvalue weighted by molar-refractivity contribution is 7.80. The van der Waals surface area contributed by atoms with E-state index < -0.39 is 11.5 Å². The maximum Gasteiger partial charge on any atom is 0.245 e. The summed E-state index contributed by atoms with van der Waals surface area (Å²) in [4.78, 5) is 26.1. The van der Waals surface area contributed by atoms with Crippen molar-refractivity contribution in [3.8, 4) is 0 Å². The van der Waals surface area contributed by atoms with Crippen molar-refractivity contribution in [3.05, 3.63) is 0 Å². The van der Waals surface area contributed by atoms with Gasteiger partial charge in [-0.05, 0) is 19.8 Å². The molecule has 3 N–H and O–H groups in total. The molecule has 0 aromatic heterocycles. The molecule has 0 bridgehead atoms.